The van der Waals surface area contributed by atoms with Crippen molar-refractivity contribution in [2.24, 2.45) is 0 Å². The molecule has 1 heterocycles. The van der Waals surface area contributed by atoms with E-state index in [1.165, 1.54) is 0 Å². The number of nitrogens with zero attached hydrogens (tertiary/aromatic N) is 2. The first-order valence-electron chi connectivity index (χ1n) is 8.99. The van der Waals surface area contributed by atoms with Gasteiger partial charge in [-0.05, 0) is 0 Å². The predicted octanol–water partition coefficient (Wildman–Crippen LogP) is -0.107. The molecule has 1 aliphatic rings. The number of hydrogen-bond donors (Lipinski definition) is 0. The molecule has 0 aromatic heterocycles. The van der Waals surface area contributed by atoms with Crippen LogP contribution in [0, 0.1) is 12.3 Å². The molecule has 7 heteroatoms. The molecule has 0 atom stereocenters. The fourth-order valence-electron chi connectivity index (χ4n) is 2.39. The molecule has 7 nitrogen and oxygen atoms in total. The largest absolute Gasteiger partial charge is 0.379 e. The quantitative estimate of drug-likeness (QED) is 0.217. The van der Waals surface area contributed by atoms with Gasteiger partial charge in [-0.3, -0.25) is 9.80 Å². The van der Waals surface area contributed by atoms with E-state index in [1.807, 2.05) is 0 Å². The summed E-state index contributed by atoms with van der Waals surface area (Å²) in [7, 11) is 0. The van der Waals surface area contributed by atoms with Crippen molar-refractivity contribution < 1.29 is 23.7 Å². The third kappa shape index (κ3) is 12.9. The van der Waals surface area contributed by atoms with Crippen molar-refractivity contribution in [3.8, 4) is 12.3 Å². The molecule has 0 aromatic rings. The molecule has 0 aromatic carbocycles. The molecule has 1 saturated heterocycles. The molecule has 0 amide bonds. The summed E-state index contributed by atoms with van der Waals surface area (Å²) in [6.45, 7) is 10.4. The number of carbonyl (C=O) groups excluding carboxylic acids is 1. The molecule has 0 N–H and O–H groups in total. The lowest BCUT2D eigenvalue weighted by Gasteiger charge is -2.33. The van der Waals surface area contributed by atoms with E-state index in [-0.39, 0.29) is 0 Å². The van der Waals surface area contributed by atoms with Crippen molar-refractivity contribution in [1.82, 2.24) is 9.80 Å². The van der Waals surface area contributed by atoms with E-state index in [9.17, 15) is 4.79 Å². The van der Waals surface area contributed by atoms with Crippen LogP contribution in [0.15, 0.2) is 0 Å². The van der Waals surface area contributed by atoms with E-state index >= 15 is 0 Å². The Bertz CT molecular complexity index is 354. The van der Waals surface area contributed by atoms with Gasteiger partial charge in [-0.2, -0.15) is 0 Å². The maximum Gasteiger partial charge on any atom is 0.122 e. The Balaban J connectivity index is 1.75. The third-order valence-corrected chi connectivity index (χ3v) is 3.83. The number of hydrogen-bond acceptors (Lipinski definition) is 7. The normalized spacial score (nSPS) is 16.0. The van der Waals surface area contributed by atoms with E-state index in [0.29, 0.717) is 52.7 Å². The minimum atomic E-state index is 0.436. The van der Waals surface area contributed by atoms with Crippen LogP contribution in [0.25, 0.3) is 0 Å². The van der Waals surface area contributed by atoms with Crippen LogP contribution in [0.3, 0.4) is 0 Å². The fraction of sp³-hybridized carbons (Fsp3) is 0.833. The summed E-state index contributed by atoms with van der Waals surface area (Å²) in [5.41, 5.74) is 0. The zero-order valence-electron chi connectivity index (χ0n) is 15.2. The summed E-state index contributed by atoms with van der Waals surface area (Å²) in [4.78, 5) is 14.8. The Hall–Kier alpha value is -1.01. The molecule has 0 unspecified atom stereocenters. The average Bonchev–Trinajstić information content (AvgIpc) is 2.63. The second-order valence-corrected chi connectivity index (χ2v) is 5.73. The third-order valence-electron chi connectivity index (χ3n) is 3.83. The van der Waals surface area contributed by atoms with Crippen LogP contribution in [0.2, 0.25) is 0 Å². The van der Waals surface area contributed by atoms with Crippen LogP contribution < -0.4 is 0 Å². The lowest BCUT2D eigenvalue weighted by Crippen LogP contribution is -2.47. The minimum absolute atomic E-state index is 0.436. The summed E-state index contributed by atoms with van der Waals surface area (Å²) in [5.74, 6) is 2.69. The zero-order valence-corrected chi connectivity index (χ0v) is 15.2. The number of rotatable bonds is 16. The summed E-state index contributed by atoms with van der Waals surface area (Å²) < 4.78 is 21.6. The number of piperazine rings is 1. The highest BCUT2D eigenvalue weighted by molar-refractivity contribution is 5.49. The minimum Gasteiger partial charge on any atom is -0.379 e. The Kier molecular flexibility index (Phi) is 14.5. The lowest BCUT2D eigenvalue weighted by atomic mass is 10.3. The van der Waals surface area contributed by atoms with E-state index in [4.69, 9.17) is 25.4 Å². The molecule has 25 heavy (non-hydrogen) atoms. The molecule has 1 rings (SSSR count). The monoisotopic (exact) mass is 356 g/mol. The summed E-state index contributed by atoms with van der Waals surface area (Å²) in [6, 6.07) is 0. The van der Waals surface area contributed by atoms with Gasteiger partial charge in [-0.25, -0.2) is 0 Å². The van der Waals surface area contributed by atoms with Crippen molar-refractivity contribution in [2.75, 3.05) is 92.1 Å². The summed E-state index contributed by atoms with van der Waals surface area (Å²) in [5, 5.41) is 0. The molecular weight excluding hydrogens is 324 g/mol. The van der Waals surface area contributed by atoms with Crippen LogP contribution in [0.5, 0.6) is 0 Å². The van der Waals surface area contributed by atoms with Gasteiger partial charge < -0.3 is 23.7 Å². The van der Waals surface area contributed by atoms with Gasteiger partial charge in [-0.1, -0.05) is 5.92 Å². The highest BCUT2D eigenvalue weighted by atomic mass is 16.6. The van der Waals surface area contributed by atoms with Crippen molar-refractivity contribution in [1.29, 1.82) is 0 Å². The summed E-state index contributed by atoms with van der Waals surface area (Å²) in [6.07, 6.45) is 6.61. The molecule has 1 aliphatic heterocycles. The van der Waals surface area contributed by atoms with Gasteiger partial charge in [0.25, 0.3) is 0 Å². The second-order valence-electron chi connectivity index (χ2n) is 5.73. The number of ether oxygens (including phenoxy) is 4. The number of terminal acetylenes is 1. The Morgan fingerprint density at radius 2 is 1.24 bits per heavy atom. The number of carbonyl (C=O) groups is 1. The molecule has 0 saturated carbocycles. The molecule has 1 fully saturated rings. The van der Waals surface area contributed by atoms with Gasteiger partial charge in [0, 0.05) is 39.1 Å². The average molecular weight is 356 g/mol. The van der Waals surface area contributed by atoms with Crippen LogP contribution in [-0.4, -0.2) is 108 Å². The van der Waals surface area contributed by atoms with Crippen molar-refractivity contribution in [2.45, 2.75) is 6.42 Å². The fourth-order valence-corrected chi connectivity index (χ4v) is 2.39. The summed E-state index contributed by atoms with van der Waals surface area (Å²) >= 11 is 0. The van der Waals surface area contributed by atoms with Gasteiger partial charge in [-0.15, -0.1) is 6.42 Å². The van der Waals surface area contributed by atoms with Gasteiger partial charge in [0.1, 0.15) is 6.29 Å². The number of aldehydes is 1. The maximum atomic E-state index is 10.1. The molecule has 144 valence electrons. The van der Waals surface area contributed by atoms with Gasteiger partial charge in [0.2, 0.25) is 0 Å². The molecule has 0 radical (unpaired) electrons. The van der Waals surface area contributed by atoms with Crippen molar-refractivity contribution in [3.05, 3.63) is 0 Å². The van der Waals surface area contributed by atoms with E-state index in [0.717, 1.165) is 52.2 Å². The van der Waals surface area contributed by atoms with Crippen LogP contribution in [0.1, 0.15) is 6.42 Å². The smallest absolute Gasteiger partial charge is 0.122 e. The Labute approximate surface area is 151 Å². The van der Waals surface area contributed by atoms with Crippen molar-refractivity contribution in [3.63, 3.8) is 0 Å². The standard InChI is InChI=1S/C18H32N2O5/c1-2-4-19-5-7-20(8-6-19)9-12-23-14-16-25-18-17-24-15-13-22-11-3-10-21/h1,10H,3-9,11-18H2. The van der Waals surface area contributed by atoms with Crippen LogP contribution >= 0.6 is 0 Å². The molecular formula is C18H32N2O5. The SMILES string of the molecule is C#CCN1CCN(CCOCCOCCOCCOCCC=O)CC1. The topological polar surface area (TPSA) is 60.5 Å². The Morgan fingerprint density at radius 3 is 1.76 bits per heavy atom. The molecule has 0 bridgehead atoms. The van der Waals surface area contributed by atoms with Gasteiger partial charge in [0.05, 0.1) is 59.4 Å². The Morgan fingerprint density at radius 1 is 0.760 bits per heavy atom. The van der Waals surface area contributed by atoms with E-state index in [1.54, 1.807) is 0 Å². The highest BCUT2D eigenvalue weighted by Crippen LogP contribution is 2.00. The second kappa shape index (κ2) is 16.5. The first-order chi connectivity index (χ1) is 12.4. The highest BCUT2D eigenvalue weighted by Gasteiger charge is 2.15. The molecule has 0 aliphatic carbocycles. The van der Waals surface area contributed by atoms with E-state index in [2.05, 4.69) is 15.7 Å². The maximum absolute atomic E-state index is 10.1. The molecule has 0 spiro atoms. The van der Waals surface area contributed by atoms with E-state index < -0.39 is 0 Å². The lowest BCUT2D eigenvalue weighted by molar-refractivity contribution is -0.108. The van der Waals surface area contributed by atoms with Crippen LogP contribution in [0.4, 0.5) is 0 Å². The zero-order chi connectivity index (χ0) is 18.0. The van der Waals surface area contributed by atoms with Gasteiger partial charge >= 0.3 is 0 Å². The van der Waals surface area contributed by atoms with Gasteiger partial charge in [0.15, 0.2) is 0 Å². The first-order valence-corrected chi connectivity index (χ1v) is 8.99. The predicted molar refractivity (Wildman–Crippen MR) is 95.7 cm³/mol. The van der Waals surface area contributed by atoms with Crippen molar-refractivity contribution >= 4 is 6.29 Å². The van der Waals surface area contributed by atoms with Crippen LogP contribution in [-0.2, 0) is 23.7 Å². The first kappa shape index (κ1) is 22.0.